The number of carboxylic acid groups (broad SMARTS) is 1. The summed E-state index contributed by atoms with van der Waals surface area (Å²) >= 11 is 0. The number of carboxylic acids is 1. The molecule has 0 radical (unpaired) electrons. The lowest BCUT2D eigenvalue weighted by atomic mass is 9.87. The monoisotopic (exact) mass is 488 g/mol. The van der Waals surface area contributed by atoms with Crippen molar-refractivity contribution in [2.24, 2.45) is 0 Å². The number of H-pyrrole nitrogens is 1. The van der Waals surface area contributed by atoms with Crippen LogP contribution in [0.2, 0.25) is 0 Å². The van der Waals surface area contributed by atoms with E-state index in [2.05, 4.69) is 45.3 Å². The molecule has 2 heterocycles. The van der Waals surface area contributed by atoms with E-state index in [0.717, 1.165) is 56.8 Å². The molecule has 0 atom stereocenters. The summed E-state index contributed by atoms with van der Waals surface area (Å²) in [6.07, 6.45) is 10.1. The Labute approximate surface area is 213 Å². The summed E-state index contributed by atoms with van der Waals surface area (Å²) in [7, 11) is 0. The van der Waals surface area contributed by atoms with Crippen LogP contribution in [0, 0.1) is 0 Å². The van der Waals surface area contributed by atoms with Crippen LogP contribution in [0.25, 0.3) is 28.1 Å². The van der Waals surface area contributed by atoms with Crippen LogP contribution >= 0.6 is 0 Å². The summed E-state index contributed by atoms with van der Waals surface area (Å²) in [4.78, 5) is 19.2. The topological polar surface area (TPSA) is 101 Å². The summed E-state index contributed by atoms with van der Waals surface area (Å²) in [5.41, 5.74) is 7.11. The second kappa shape index (κ2) is 10.7. The van der Waals surface area contributed by atoms with Crippen molar-refractivity contribution in [3.63, 3.8) is 0 Å². The Morgan fingerprint density at radius 3 is 2.57 bits per heavy atom. The van der Waals surface area contributed by atoms with Crippen LogP contribution in [0.15, 0.2) is 97.6 Å². The van der Waals surface area contributed by atoms with Gasteiger partial charge in [-0.25, -0.2) is 9.78 Å². The van der Waals surface area contributed by atoms with E-state index < -0.39 is 5.97 Å². The van der Waals surface area contributed by atoms with E-state index in [-0.39, 0.29) is 0 Å². The molecule has 0 saturated heterocycles. The van der Waals surface area contributed by atoms with Gasteiger partial charge in [0.25, 0.3) is 0 Å². The standard InChI is InChI=1S/C30H24N4O3/c1-2-26(22-4-3-5-25(17-22)37-28-19-31-14-15-32-28)30(23-11-12-27-24(16-23)18-33-34-27)21-9-6-20(7-10-21)8-13-29(35)36/h3-19H,2H2,1H3,(H,33,34)(H,35,36)/b13-8+,30-26+. The molecular weight excluding hydrogens is 464 g/mol. The normalized spacial score (nSPS) is 12.0. The Kier molecular flexibility index (Phi) is 6.85. The van der Waals surface area contributed by atoms with Gasteiger partial charge in [-0.3, -0.25) is 10.1 Å². The third kappa shape index (κ3) is 5.46. The van der Waals surface area contributed by atoms with Crippen molar-refractivity contribution < 1.29 is 14.6 Å². The van der Waals surface area contributed by atoms with Crippen LogP contribution in [-0.2, 0) is 4.79 Å². The second-order valence-electron chi connectivity index (χ2n) is 8.35. The fourth-order valence-corrected chi connectivity index (χ4v) is 4.27. The Morgan fingerprint density at radius 1 is 0.973 bits per heavy atom. The van der Waals surface area contributed by atoms with Crippen molar-refractivity contribution in [1.29, 1.82) is 0 Å². The van der Waals surface area contributed by atoms with Crippen molar-refractivity contribution in [1.82, 2.24) is 20.2 Å². The van der Waals surface area contributed by atoms with Crippen LogP contribution < -0.4 is 4.74 Å². The van der Waals surface area contributed by atoms with E-state index in [1.54, 1.807) is 24.7 Å². The number of hydrogen-bond donors (Lipinski definition) is 2. The summed E-state index contributed by atoms with van der Waals surface area (Å²) in [6, 6.07) is 22.1. The quantitative estimate of drug-likeness (QED) is 0.188. The van der Waals surface area contributed by atoms with Crippen LogP contribution in [0.3, 0.4) is 0 Å². The first kappa shape index (κ1) is 23.7. The predicted molar refractivity (Wildman–Crippen MR) is 144 cm³/mol. The van der Waals surface area contributed by atoms with Gasteiger partial charge in [0.05, 0.1) is 17.9 Å². The largest absolute Gasteiger partial charge is 0.478 e. The molecule has 2 aromatic heterocycles. The van der Waals surface area contributed by atoms with E-state index in [4.69, 9.17) is 9.84 Å². The summed E-state index contributed by atoms with van der Waals surface area (Å²) in [5, 5.41) is 17.2. The molecule has 5 rings (SSSR count). The molecular formula is C30H24N4O3. The van der Waals surface area contributed by atoms with Crippen molar-refractivity contribution in [3.8, 4) is 11.6 Å². The van der Waals surface area contributed by atoms with E-state index in [1.165, 1.54) is 0 Å². The number of nitrogens with one attached hydrogen (secondary N) is 1. The van der Waals surface area contributed by atoms with E-state index in [1.807, 2.05) is 54.7 Å². The predicted octanol–water partition coefficient (Wildman–Crippen LogP) is 6.61. The number of fused-ring (bicyclic) bond motifs is 1. The number of aromatic nitrogens is 4. The number of allylic oxidation sites excluding steroid dienone is 1. The zero-order valence-electron chi connectivity index (χ0n) is 20.1. The highest BCUT2D eigenvalue weighted by atomic mass is 16.5. The summed E-state index contributed by atoms with van der Waals surface area (Å²) in [5.74, 6) is 0.120. The summed E-state index contributed by atoms with van der Waals surface area (Å²) in [6.45, 7) is 2.13. The first-order valence-corrected chi connectivity index (χ1v) is 11.8. The van der Waals surface area contributed by atoms with Gasteiger partial charge in [0, 0.05) is 23.9 Å². The lowest BCUT2D eigenvalue weighted by molar-refractivity contribution is -0.131. The molecule has 0 amide bonds. The number of hydrogen-bond acceptors (Lipinski definition) is 5. The molecule has 7 nitrogen and oxygen atoms in total. The summed E-state index contributed by atoms with van der Waals surface area (Å²) < 4.78 is 5.95. The van der Waals surface area contributed by atoms with Crippen molar-refractivity contribution in [3.05, 3.63) is 120 Å². The number of ether oxygens (including phenoxy) is 1. The molecule has 0 unspecified atom stereocenters. The van der Waals surface area contributed by atoms with Crippen LogP contribution in [-0.4, -0.2) is 31.2 Å². The maximum absolute atomic E-state index is 10.9. The highest BCUT2D eigenvalue weighted by Gasteiger charge is 2.15. The lowest BCUT2D eigenvalue weighted by Gasteiger charge is -2.17. The smallest absolute Gasteiger partial charge is 0.328 e. The zero-order chi connectivity index (χ0) is 25.6. The number of rotatable bonds is 8. The molecule has 3 aromatic carbocycles. The zero-order valence-corrected chi connectivity index (χ0v) is 20.1. The molecule has 5 aromatic rings. The average molecular weight is 489 g/mol. The van der Waals surface area contributed by atoms with Gasteiger partial charge in [-0.05, 0) is 70.2 Å². The fourth-order valence-electron chi connectivity index (χ4n) is 4.27. The Morgan fingerprint density at radius 2 is 1.81 bits per heavy atom. The Bertz CT molecular complexity index is 1600. The lowest BCUT2D eigenvalue weighted by Crippen LogP contribution is -1.96. The Balaban J connectivity index is 1.63. The molecule has 37 heavy (non-hydrogen) atoms. The van der Waals surface area contributed by atoms with Gasteiger partial charge >= 0.3 is 5.97 Å². The molecule has 0 spiro atoms. The third-order valence-electron chi connectivity index (χ3n) is 5.95. The fraction of sp³-hybridized carbons (Fsp3) is 0.0667. The maximum atomic E-state index is 10.9. The second-order valence-corrected chi connectivity index (χ2v) is 8.35. The maximum Gasteiger partial charge on any atom is 0.328 e. The molecule has 7 heteroatoms. The molecule has 0 aliphatic rings. The molecule has 182 valence electrons. The highest BCUT2D eigenvalue weighted by molar-refractivity contribution is 6.00. The van der Waals surface area contributed by atoms with Crippen molar-refractivity contribution in [2.45, 2.75) is 13.3 Å². The highest BCUT2D eigenvalue weighted by Crippen LogP contribution is 2.37. The first-order chi connectivity index (χ1) is 18.1. The van der Waals surface area contributed by atoms with E-state index in [9.17, 15) is 4.79 Å². The average Bonchev–Trinajstić information content (AvgIpc) is 3.40. The molecule has 0 aliphatic carbocycles. The first-order valence-electron chi connectivity index (χ1n) is 11.8. The van der Waals surface area contributed by atoms with Crippen molar-refractivity contribution >= 4 is 34.1 Å². The minimum Gasteiger partial charge on any atom is -0.478 e. The van der Waals surface area contributed by atoms with Gasteiger partial charge in [0.15, 0.2) is 0 Å². The minimum atomic E-state index is -0.977. The van der Waals surface area contributed by atoms with Gasteiger partial charge in [-0.15, -0.1) is 0 Å². The molecule has 0 aliphatic heterocycles. The van der Waals surface area contributed by atoms with E-state index >= 15 is 0 Å². The minimum absolute atomic E-state index is 0.428. The SMILES string of the molecule is CC/C(=C(/c1ccc(/C=C/C(=O)O)cc1)c1ccc2[nH]ncc2c1)c1cccc(Oc2cnccn2)c1. The van der Waals surface area contributed by atoms with Gasteiger partial charge < -0.3 is 9.84 Å². The number of carbonyl (C=O) groups is 1. The van der Waals surface area contributed by atoms with Crippen LogP contribution in [0.5, 0.6) is 11.6 Å². The van der Waals surface area contributed by atoms with Crippen LogP contribution in [0.4, 0.5) is 0 Å². The number of aliphatic carboxylic acids is 1. The van der Waals surface area contributed by atoms with Crippen molar-refractivity contribution in [2.75, 3.05) is 0 Å². The third-order valence-corrected chi connectivity index (χ3v) is 5.95. The van der Waals surface area contributed by atoms with Gasteiger partial charge in [-0.2, -0.15) is 5.10 Å². The van der Waals surface area contributed by atoms with Gasteiger partial charge in [0.1, 0.15) is 5.75 Å². The van der Waals surface area contributed by atoms with Crippen LogP contribution in [0.1, 0.15) is 35.6 Å². The molecule has 0 fully saturated rings. The van der Waals surface area contributed by atoms with E-state index in [0.29, 0.717) is 11.6 Å². The molecule has 2 N–H and O–H groups in total. The number of benzene rings is 3. The molecule has 0 bridgehead atoms. The Hall–Kier alpha value is -5.04. The van der Waals surface area contributed by atoms with Gasteiger partial charge in [0.2, 0.25) is 5.88 Å². The molecule has 0 saturated carbocycles. The number of nitrogens with zero attached hydrogens (tertiary/aromatic N) is 3. The van der Waals surface area contributed by atoms with Gasteiger partial charge in [-0.1, -0.05) is 49.4 Å². The number of aromatic amines is 1.